The van der Waals surface area contributed by atoms with Crippen molar-refractivity contribution in [1.82, 2.24) is 15.2 Å². The maximum atomic E-state index is 14.5. The Kier molecular flexibility index (Phi) is 5.10. The number of hydrogen-bond donors (Lipinski definition) is 3. The van der Waals surface area contributed by atoms with Crippen LogP contribution in [0, 0.1) is 5.82 Å². The van der Waals surface area contributed by atoms with Gasteiger partial charge in [-0.25, -0.2) is 12.8 Å². The SMILES string of the molecule is COc1ccc(F)c(S(=O)(=O)c2c(N)[nH]c3c2=NC(C)NC=3N2CCOC(C)C2)c1. The number of nitrogens with two attached hydrogens (primary N) is 1. The van der Waals surface area contributed by atoms with E-state index in [9.17, 15) is 12.8 Å². The first-order valence-electron chi connectivity index (χ1n) is 9.53. The summed E-state index contributed by atoms with van der Waals surface area (Å²) in [6.07, 6.45) is -0.378. The number of rotatable bonds is 4. The minimum absolute atomic E-state index is 0.0204. The molecule has 4 N–H and O–H groups in total. The number of methoxy groups -OCH3 is 1. The summed E-state index contributed by atoms with van der Waals surface area (Å²) in [4.78, 5) is 8.71. The van der Waals surface area contributed by atoms with E-state index in [1.54, 1.807) is 6.92 Å². The minimum Gasteiger partial charge on any atom is -0.497 e. The fourth-order valence-electron chi connectivity index (χ4n) is 3.75. The van der Waals surface area contributed by atoms with Crippen LogP contribution < -0.4 is 26.5 Å². The molecule has 1 aromatic carbocycles. The predicted molar refractivity (Wildman–Crippen MR) is 107 cm³/mol. The second kappa shape index (κ2) is 7.47. The van der Waals surface area contributed by atoms with Gasteiger partial charge < -0.3 is 30.4 Å². The number of halogens is 1. The largest absolute Gasteiger partial charge is 0.497 e. The van der Waals surface area contributed by atoms with Gasteiger partial charge in [-0.1, -0.05) is 0 Å². The van der Waals surface area contributed by atoms with Gasteiger partial charge in [-0.15, -0.1) is 0 Å². The van der Waals surface area contributed by atoms with E-state index < -0.39 is 26.7 Å². The lowest BCUT2D eigenvalue weighted by atomic mass is 10.3. The first-order chi connectivity index (χ1) is 14.2. The summed E-state index contributed by atoms with van der Waals surface area (Å²) >= 11 is 0. The molecule has 0 radical (unpaired) electrons. The lowest BCUT2D eigenvalue weighted by molar-refractivity contribution is -0.000175. The number of fused-ring (bicyclic) bond motifs is 1. The molecule has 0 bridgehead atoms. The zero-order valence-corrected chi connectivity index (χ0v) is 17.7. The van der Waals surface area contributed by atoms with Crippen LogP contribution in [0.25, 0.3) is 5.82 Å². The van der Waals surface area contributed by atoms with Crippen molar-refractivity contribution in [3.8, 4) is 5.75 Å². The van der Waals surface area contributed by atoms with Crippen molar-refractivity contribution in [2.24, 2.45) is 4.99 Å². The Morgan fingerprint density at radius 2 is 2.13 bits per heavy atom. The van der Waals surface area contributed by atoms with Crippen molar-refractivity contribution < 1.29 is 22.3 Å². The van der Waals surface area contributed by atoms with E-state index in [0.717, 1.165) is 12.1 Å². The van der Waals surface area contributed by atoms with Crippen molar-refractivity contribution in [3.05, 3.63) is 34.7 Å². The van der Waals surface area contributed by atoms with Crippen LogP contribution in [0.5, 0.6) is 5.75 Å². The van der Waals surface area contributed by atoms with Gasteiger partial charge in [-0.3, -0.25) is 4.99 Å². The number of H-pyrrole nitrogens is 1. The Morgan fingerprint density at radius 1 is 1.37 bits per heavy atom. The first-order valence-corrected chi connectivity index (χ1v) is 11.0. The standard InChI is InChI=1S/C19H24FN5O4S/c1-10-9-25(6-7-29-10)19-16-15(22-11(2)23-19)17(18(21)24-16)30(26,27)14-8-12(28-3)4-5-13(14)20/h4-5,8,10-11,23-24H,6-7,9,21H2,1-3H3. The summed E-state index contributed by atoms with van der Waals surface area (Å²) in [6, 6.07) is 3.55. The summed E-state index contributed by atoms with van der Waals surface area (Å²) < 4.78 is 51.9. The van der Waals surface area contributed by atoms with E-state index in [1.165, 1.54) is 13.2 Å². The number of aromatic amines is 1. The molecule has 11 heteroatoms. The van der Waals surface area contributed by atoms with Crippen molar-refractivity contribution in [2.45, 2.75) is 35.9 Å². The van der Waals surface area contributed by atoms with E-state index >= 15 is 0 Å². The number of benzene rings is 1. The van der Waals surface area contributed by atoms with Gasteiger partial charge >= 0.3 is 0 Å². The molecule has 162 valence electrons. The zero-order valence-electron chi connectivity index (χ0n) is 16.9. The molecule has 2 unspecified atom stereocenters. The number of anilines is 1. The molecular weight excluding hydrogens is 413 g/mol. The van der Waals surface area contributed by atoms with Crippen LogP contribution in [-0.2, 0) is 14.6 Å². The molecule has 2 aliphatic rings. The Morgan fingerprint density at radius 3 is 2.83 bits per heavy atom. The van der Waals surface area contributed by atoms with Crippen LogP contribution in [0.1, 0.15) is 13.8 Å². The van der Waals surface area contributed by atoms with Crippen molar-refractivity contribution in [2.75, 3.05) is 32.5 Å². The number of aromatic nitrogens is 1. The number of hydrogen-bond acceptors (Lipinski definition) is 8. The molecule has 0 saturated carbocycles. The van der Waals surface area contributed by atoms with Crippen LogP contribution in [0.3, 0.4) is 0 Å². The molecule has 1 aromatic heterocycles. The number of morpholine rings is 1. The fourth-order valence-corrected chi connectivity index (χ4v) is 5.32. The molecule has 2 aliphatic heterocycles. The van der Waals surface area contributed by atoms with Crippen molar-refractivity contribution in [1.29, 1.82) is 0 Å². The predicted octanol–water partition coefficient (Wildman–Crippen LogP) is -0.0674. The molecule has 2 aromatic rings. The lowest BCUT2D eigenvalue weighted by Gasteiger charge is -2.36. The van der Waals surface area contributed by atoms with Gasteiger partial charge in [-0.2, -0.15) is 0 Å². The quantitative estimate of drug-likeness (QED) is 0.612. The topological polar surface area (TPSA) is 122 Å². The van der Waals surface area contributed by atoms with E-state index in [1.807, 2.05) is 6.92 Å². The average Bonchev–Trinajstić information content (AvgIpc) is 3.03. The highest BCUT2D eigenvalue weighted by molar-refractivity contribution is 7.91. The summed E-state index contributed by atoms with van der Waals surface area (Å²) in [5.41, 5.74) is 6.10. The molecule has 0 aliphatic carbocycles. The zero-order chi connectivity index (χ0) is 21.6. The molecule has 2 atom stereocenters. The van der Waals surface area contributed by atoms with Crippen molar-refractivity contribution in [3.63, 3.8) is 0 Å². The molecule has 0 amide bonds. The van der Waals surface area contributed by atoms with E-state index in [-0.39, 0.29) is 27.9 Å². The van der Waals surface area contributed by atoms with Gasteiger partial charge in [0.2, 0.25) is 9.84 Å². The molecule has 9 nitrogen and oxygen atoms in total. The molecule has 0 spiro atoms. The highest BCUT2D eigenvalue weighted by atomic mass is 32.2. The Labute approximate surface area is 173 Å². The van der Waals surface area contributed by atoms with Gasteiger partial charge in [0.15, 0.2) is 0 Å². The molecule has 4 rings (SSSR count). The van der Waals surface area contributed by atoms with Crippen molar-refractivity contribution >= 4 is 21.5 Å². The highest BCUT2D eigenvalue weighted by Crippen LogP contribution is 2.27. The monoisotopic (exact) mass is 437 g/mol. The van der Waals surface area contributed by atoms with Gasteiger partial charge in [0, 0.05) is 19.2 Å². The Bertz CT molecular complexity index is 1210. The van der Waals surface area contributed by atoms with Crippen LogP contribution in [-0.4, -0.2) is 57.4 Å². The van der Waals surface area contributed by atoms with E-state index in [4.69, 9.17) is 15.2 Å². The molecule has 3 heterocycles. The van der Waals surface area contributed by atoms with Gasteiger partial charge in [0.05, 0.1) is 19.8 Å². The number of nitrogens with one attached hydrogen (secondary N) is 2. The molecule has 30 heavy (non-hydrogen) atoms. The molecule has 1 saturated heterocycles. The Hall–Kier alpha value is -2.79. The lowest BCUT2D eigenvalue weighted by Crippen LogP contribution is -2.52. The minimum atomic E-state index is -4.31. The van der Waals surface area contributed by atoms with Gasteiger partial charge in [-0.05, 0) is 26.0 Å². The van der Waals surface area contributed by atoms with Crippen LogP contribution in [0.2, 0.25) is 0 Å². The van der Waals surface area contributed by atoms with Crippen LogP contribution >= 0.6 is 0 Å². The van der Waals surface area contributed by atoms with Crippen LogP contribution in [0.15, 0.2) is 33.0 Å². The normalized spacial score (nSPS) is 21.6. The summed E-state index contributed by atoms with van der Waals surface area (Å²) in [6.45, 7) is 5.57. The molecule has 1 fully saturated rings. The summed E-state index contributed by atoms with van der Waals surface area (Å²) in [7, 11) is -2.93. The second-order valence-corrected chi connectivity index (χ2v) is 9.17. The van der Waals surface area contributed by atoms with E-state index in [2.05, 4.69) is 20.2 Å². The van der Waals surface area contributed by atoms with Gasteiger partial charge in [0.1, 0.15) is 49.9 Å². The number of ether oxygens (including phenoxy) is 2. The highest BCUT2D eigenvalue weighted by Gasteiger charge is 2.32. The number of nitrogens with zero attached hydrogens (tertiary/aromatic N) is 2. The van der Waals surface area contributed by atoms with Gasteiger partial charge in [0.25, 0.3) is 0 Å². The summed E-state index contributed by atoms with van der Waals surface area (Å²) in [5, 5.41) is 3.92. The maximum Gasteiger partial charge on any atom is 0.215 e. The average molecular weight is 437 g/mol. The number of nitrogen functional groups attached to an aromatic ring is 1. The second-order valence-electron chi connectivity index (χ2n) is 7.32. The fraction of sp³-hybridized carbons (Fsp3) is 0.421. The first kappa shape index (κ1) is 20.5. The molecular formula is C19H24FN5O4S. The third-order valence-corrected chi connectivity index (χ3v) is 6.96. The maximum absolute atomic E-state index is 14.5. The van der Waals surface area contributed by atoms with E-state index in [0.29, 0.717) is 30.9 Å². The number of sulfone groups is 1. The summed E-state index contributed by atoms with van der Waals surface area (Å²) in [5.74, 6) is -0.0691. The third kappa shape index (κ3) is 3.37. The Balaban J connectivity index is 1.94. The smallest absolute Gasteiger partial charge is 0.215 e. The third-order valence-electron chi connectivity index (χ3n) is 5.12. The van der Waals surface area contributed by atoms with Crippen LogP contribution in [0.4, 0.5) is 10.2 Å².